The van der Waals surface area contributed by atoms with Gasteiger partial charge < -0.3 is 14.3 Å². The van der Waals surface area contributed by atoms with Gasteiger partial charge in [0.25, 0.3) is 5.56 Å². The summed E-state index contributed by atoms with van der Waals surface area (Å²) in [5.74, 6) is -0.313. The maximum atomic E-state index is 13.1. The quantitative estimate of drug-likeness (QED) is 0.528. The number of pyridine rings is 2. The lowest BCUT2D eigenvalue weighted by molar-refractivity contribution is -0.153. The largest absolute Gasteiger partial charge is 0.460 e. The fraction of sp³-hybridized carbons (Fsp3) is 0.286. The van der Waals surface area contributed by atoms with E-state index >= 15 is 0 Å². The summed E-state index contributed by atoms with van der Waals surface area (Å²) in [5.41, 5.74) is 2.74. The van der Waals surface area contributed by atoms with Crippen molar-refractivity contribution in [3.8, 4) is 11.4 Å². The van der Waals surface area contributed by atoms with Crippen LogP contribution in [0.4, 0.5) is 0 Å². The Morgan fingerprint density at radius 2 is 1.96 bits per heavy atom. The molecule has 0 radical (unpaired) electrons. The van der Waals surface area contributed by atoms with E-state index in [1.807, 2.05) is 38.1 Å². The predicted octanol–water partition coefficient (Wildman–Crippen LogP) is 2.44. The SMILES string of the molecule is CCC1(C)C(=O)OCc2c1cc1n(c2=O)Cc2c-1[nH]c1ccccc1c2=O. The molecule has 2 aliphatic rings. The van der Waals surface area contributed by atoms with Crippen LogP contribution in [0.3, 0.4) is 0 Å². The fourth-order valence-electron chi connectivity index (χ4n) is 4.23. The Morgan fingerprint density at radius 1 is 1.19 bits per heavy atom. The molecule has 1 unspecified atom stereocenters. The molecule has 0 aliphatic carbocycles. The Kier molecular flexibility index (Phi) is 3.09. The number of fused-ring (bicyclic) bond motifs is 5. The number of rotatable bonds is 1. The average Bonchev–Trinajstić information content (AvgIpc) is 3.05. The molecule has 0 spiro atoms. The van der Waals surface area contributed by atoms with Crippen molar-refractivity contribution in [3.63, 3.8) is 0 Å². The summed E-state index contributed by atoms with van der Waals surface area (Å²) in [6.07, 6.45) is 0.531. The van der Waals surface area contributed by atoms with Crippen LogP contribution in [0.2, 0.25) is 0 Å². The summed E-state index contributed by atoms with van der Waals surface area (Å²) < 4.78 is 6.90. The summed E-state index contributed by atoms with van der Waals surface area (Å²) in [5, 5.41) is 0.610. The van der Waals surface area contributed by atoms with Crippen LogP contribution in [-0.2, 0) is 28.1 Å². The number of aromatic amines is 1. The summed E-state index contributed by atoms with van der Waals surface area (Å²) in [7, 11) is 0. The zero-order chi connectivity index (χ0) is 18.9. The topological polar surface area (TPSA) is 81.2 Å². The number of carbonyl (C=O) groups excluding carboxylic acids is 1. The van der Waals surface area contributed by atoms with Gasteiger partial charge in [-0.3, -0.25) is 14.4 Å². The number of hydrogen-bond acceptors (Lipinski definition) is 4. The zero-order valence-corrected chi connectivity index (χ0v) is 15.1. The molecular weight excluding hydrogens is 344 g/mol. The van der Waals surface area contributed by atoms with Crippen molar-refractivity contribution in [2.45, 2.75) is 38.8 Å². The highest BCUT2D eigenvalue weighted by molar-refractivity contribution is 5.87. The highest BCUT2D eigenvalue weighted by Crippen LogP contribution is 2.38. The van der Waals surface area contributed by atoms with Gasteiger partial charge in [0.05, 0.1) is 28.9 Å². The first-order valence-electron chi connectivity index (χ1n) is 9.04. The van der Waals surface area contributed by atoms with Crippen LogP contribution < -0.4 is 11.0 Å². The Hall–Kier alpha value is -3.15. The first-order chi connectivity index (χ1) is 13.0. The van der Waals surface area contributed by atoms with Gasteiger partial charge in [-0.25, -0.2) is 0 Å². The van der Waals surface area contributed by atoms with Crippen LogP contribution in [0.15, 0.2) is 39.9 Å². The number of para-hydroxylation sites is 1. The number of nitrogens with one attached hydrogen (secondary N) is 1. The number of hydrogen-bond donors (Lipinski definition) is 1. The standard InChI is InChI=1S/C21H18N2O4/c1-3-21(2)14-8-16-17-12(18(24)11-6-4-5-7-15(11)22-17)9-23(16)19(25)13(14)10-27-20(21)26/h4-8H,3,9-10H2,1-2H3,(H,22,24). The summed E-state index contributed by atoms with van der Waals surface area (Å²) in [6, 6.07) is 9.21. The van der Waals surface area contributed by atoms with E-state index in [0.29, 0.717) is 39.9 Å². The van der Waals surface area contributed by atoms with Gasteiger partial charge in [-0.15, -0.1) is 0 Å². The third kappa shape index (κ3) is 1.92. The van der Waals surface area contributed by atoms with Gasteiger partial charge in [0.15, 0.2) is 5.43 Å². The van der Waals surface area contributed by atoms with E-state index in [4.69, 9.17) is 4.74 Å². The molecule has 0 saturated heterocycles. The molecule has 0 bridgehead atoms. The maximum absolute atomic E-state index is 13.1. The monoisotopic (exact) mass is 362 g/mol. The van der Waals surface area contributed by atoms with Gasteiger partial charge >= 0.3 is 5.97 Å². The van der Waals surface area contributed by atoms with E-state index in [2.05, 4.69) is 4.98 Å². The van der Waals surface area contributed by atoms with Crippen molar-refractivity contribution in [1.29, 1.82) is 0 Å². The molecule has 6 heteroatoms. The first kappa shape index (κ1) is 16.1. The minimum atomic E-state index is -0.859. The molecule has 4 heterocycles. The second kappa shape index (κ2) is 5.19. The Bertz CT molecular complexity index is 1270. The van der Waals surface area contributed by atoms with Crippen molar-refractivity contribution in [2.24, 2.45) is 0 Å². The van der Waals surface area contributed by atoms with E-state index in [-0.39, 0.29) is 30.1 Å². The number of nitrogens with zero attached hydrogens (tertiary/aromatic N) is 1. The van der Waals surface area contributed by atoms with Crippen molar-refractivity contribution >= 4 is 16.9 Å². The number of H-pyrrole nitrogens is 1. The maximum Gasteiger partial charge on any atom is 0.316 e. The summed E-state index contributed by atoms with van der Waals surface area (Å²) in [6.45, 7) is 3.93. The highest BCUT2D eigenvalue weighted by atomic mass is 16.5. The molecule has 2 aliphatic heterocycles. The van der Waals surface area contributed by atoms with Crippen LogP contribution in [0.5, 0.6) is 0 Å². The lowest BCUT2D eigenvalue weighted by atomic mass is 9.76. The minimum Gasteiger partial charge on any atom is -0.460 e. The van der Waals surface area contributed by atoms with Crippen LogP contribution in [0, 0.1) is 0 Å². The third-order valence-electron chi connectivity index (χ3n) is 6.08. The molecule has 2 aromatic heterocycles. The molecule has 136 valence electrons. The van der Waals surface area contributed by atoms with Crippen LogP contribution in [-0.4, -0.2) is 15.5 Å². The molecule has 3 aromatic rings. The van der Waals surface area contributed by atoms with Crippen molar-refractivity contribution < 1.29 is 9.53 Å². The molecule has 1 atom stereocenters. The van der Waals surface area contributed by atoms with E-state index in [1.165, 1.54) is 0 Å². The molecule has 6 nitrogen and oxygen atoms in total. The van der Waals surface area contributed by atoms with E-state index in [0.717, 1.165) is 5.52 Å². The minimum absolute atomic E-state index is 0.0187. The van der Waals surface area contributed by atoms with Gasteiger partial charge in [-0.2, -0.15) is 0 Å². The van der Waals surface area contributed by atoms with Gasteiger partial charge in [-0.05, 0) is 37.1 Å². The molecule has 5 rings (SSSR count). The van der Waals surface area contributed by atoms with Crippen molar-refractivity contribution in [2.75, 3.05) is 0 Å². The summed E-state index contributed by atoms with van der Waals surface area (Å²) >= 11 is 0. The Labute approximate surface area is 154 Å². The number of benzene rings is 1. The molecule has 1 aromatic carbocycles. The normalized spacial score (nSPS) is 20.1. The number of carbonyl (C=O) groups is 1. The smallest absolute Gasteiger partial charge is 0.316 e. The number of ether oxygens (including phenoxy) is 1. The van der Waals surface area contributed by atoms with Crippen LogP contribution in [0.1, 0.15) is 37.0 Å². The van der Waals surface area contributed by atoms with Gasteiger partial charge in [0.2, 0.25) is 0 Å². The van der Waals surface area contributed by atoms with Crippen LogP contribution >= 0.6 is 0 Å². The van der Waals surface area contributed by atoms with E-state index in [1.54, 1.807) is 10.6 Å². The fourth-order valence-corrected chi connectivity index (χ4v) is 4.23. The molecule has 0 saturated carbocycles. The second-order valence-electron chi connectivity index (χ2n) is 7.43. The lowest BCUT2D eigenvalue weighted by Crippen LogP contribution is -2.42. The van der Waals surface area contributed by atoms with Crippen LogP contribution in [0.25, 0.3) is 22.3 Å². The Morgan fingerprint density at radius 3 is 2.74 bits per heavy atom. The molecule has 0 amide bonds. The molecule has 1 N–H and O–H groups in total. The molecular formula is C21H18N2O4. The highest BCUT2D eigenvalue weighted by Gasteiger charge is 2.43. The van der Waals surface area contributed by atoms with E-state index < -0.39 is 5.41 Å². The van der Waals surface area contributed by atoms with Gasteiger partial charge in [0.1, 0.15) is 6.61 Å². The lowest BCUT2D eigenvalue weighted by Gasteiger charge is -2.33. The second-order valence-corrected chi connectivity index (χ2v) is 7.43. The van der Waals surface area contributed by atoms with Crippen molar-refractivity contribution in [1.82, 2.24) is 9.55 Å². The number of aromatic nitrogens is 2. The first-order valence-corrected chi connectivity index (χ1v) is 9.04. The Balaban J connectivity index is 1.86. The molecule has 27 heavy (non-hydrogen) atoms. The number of cyclic esters (lactones) is 1. The van der Waals surface area contributed by atoms with Gasteiger partial charge in [0, 0.05) is 16.5 Å². The van der Waals surface area contributed by atoms with Crippen molar-refractivity contribution in [3.05, 3.63) is 67.6 Å². The zero-order valence-electron chi connectivity index (χ0n) is 15.1. The van der Waals surface area contributed by atoms with E-state index in [9.17, 15) is 14.4 Å². The predicted molar refractivity (Wildman–Crippen MR) is 101 cm³/mol. The average molecular weight is 362 g/mol. The van der Waals surface area contributed by atoms with Gasteiger partial charge in [-0.1, -0.05) is 19.1 Å². The number of esters is 1. The third-order valence-corrected chi connectivity index (χ3v) is 6.08. The summed E-state index contributed by atoms with van der Waals surface area (Å²) in [4.78, 5) is 41.8. The molecule has 0 fully saturated rings.